The molecule has 0 atom stereocenters. The van der Waals surface area contributed by atoms with Crippen LogP contribution in [-0.2, 0) is 14.3 Å². The van der Waals surface area contributed by atoms with E-state index in [1.54, 1.807) is 0 Å². The summed E-state index contributed by atoms with van der Waals surface area (Å²) in [5, 5.41) is 10.7. The van der Waals surface area contributed by atoms with Crippen LogP contribution in [0.4, 0.5) is 0 Å². The highest BCUT2D eigenvalue weighted by Crippen LogP contribution is 2.14. The maximum absolute atomic E-state index is 11.3. The molecular weight excluding hydrogens is 174 g/mol. The molecule has 1 rings (SSSR count). The number of carboxylic acid groups (broad SMARTS) is 1. The molecule has 0 bridgehead atoms. The van der Waals surface area contributed by atoms with Crippen LogP contribution in [0.2, 0.25) is 0 Å². The Morgan fingerprint density at radius 1 is 1.38 bits per heavy atom. The van der Waals surface area contributed by atoms with Crippen LogP contribution in [0.3, 0.4) is 0 Å². The van der Waals surface area contributed by atoms with Crippen molar-refractivity contribution in [1.29, 1.82) is 0 Å². The molecule has 1 saturated heterocycles. The molecule has 0 radical (unpaired) electrons. The fraction of sp³-hybridized carbons (Fsp3) is 0.750. The molecule has 0 spiro atoms. The Hall–Kier alpha value is -1.10. The van der Waals surface area contributed by atoms with Crippen LogP contribution >= 0.6 is 0 Å². The van der Waals surface area contributed by atoms with E-state index in [4.69, 9.17) is 9.84 Å². The lowest BCUT2D eigenvalue weighted by Crippen LogP contribution is -2.37. The standard InChI is InChI=1S/C8H13NO4/c10-7(11)5-9-8(12)6-1-3-13-4-2-6/h6H,1-5H2,(H,9,12)(H,10,11). The number of hydrogen-bond acceptors (Lipinski definition) is 3. The molecular formula is C8H13NO4. The molecule has 1 amide bonds. The molecule has 0 saturated carbocycles. The van der Waals surface area contributed by atoms with Gasteiger partial charge in [0, 0.05) is 19.1 Å². The van der Waals surface area contributed by atoms with E-state index in [0.29, 0.717) is 26.1 Å². The summed E-state index contributed by atoms with van der Waals surface area (Å²) in [6, 6.07) is 0. The number of amides is 1. The van der Waals surface area contributed by atoms with Crippen molar-refractivity contribution in [2.45, 2.75) is 12.8 Å². The zero-order chi connectivity index (χ0) is 9.68. The Labute approximate surface area is 76.1 Å². The maximum atomic E-state index is 11.3. The third-order valence-electron chi connectivity index (χ3n) is 2.01. The average molecular weight is 187 g/mol. The SMILES string of the molecule is O=C(O)CNC(=O)C1CCOCC1. The van der Waals surface area contributed by atoms with Crippen molar-refractivity contribution in [2.75, 3.05) is 19.8 Å². The van der Waals surface area contributed by atoms with E-state index in [1.807, 2.05) is 0 Å². The summed E-state index contributed by atoms with van der Waals surface area (Å²) in [6.07, 6.45) is 1.37. The van der Waals surface area contributed by atoms with Crippen LogP contribution in [0.5, 0.6) is 0 Å². The van der Waals surface area contributed by atoms with E-state index in [0.717, 1.165) is 0 Å². The molecule has 0 aromatic heterocycles. The van der Waals surface area contributed by atoms with Gasteiger partial charge in [-0.15, -0.1) is 0 Å². The van der Waals surface area contributed by atoms with Gasteiger partial charge in [-0.05, 0) is 12.8 Å². The van der Waals surface area contributed by atoms with E-state index in [9.17, 15) is 9.59 Å². The lowest BCUT2D eigenvalue weighted by atomic mass is 9.99. The van der Waals surface area contributed by atoms with Crippen LogP contribution in [0.15, 0.2) is 0 Å². The molecule has 1 heterocycles. The summed E-state index contributed by atoms with van der Waals surface area (Å²) < 4.78 is 5.08. The first-order valence-electron chi connectivity index (χ1n) is 4.27. The highest BCUT2D eigenvalue weighted by Gasteiger charge is 2.21. The largest absolute Gasteiger partial charge is 0.480 e. The second kappa shape index (κ2) is 4.81. The van der Waals surface area contributed by atoms with Crippen LogP contribution < -0.4 is 5.32 Å². The first kappa shape index (κ1) is 9.98. The van der Waals surface area contributed by atoms with E-state index < -0.39 is 5.97 Å². The molecule has 2 N–H and O–H groups in total. The lowest BCUT2D eigenvalue weighted by molar-refractivity contribution is -0.139. The summed E-state index contributed by atoms with van der Waals surface area (Å²) >= 11 is 0. The van der Waals surface area contributed by atoms with Crippen molar-refractivity contribution in [3.63, 3.8) is 0 Å². The zero-order valence-electron chi connectivity index (χ0n) is 7.28. The molecule has 0 aromatic rings. The Morgan fingerprint density at radius 2 is 2.00 bits per heavy atom. The van der Waals surface area contributed by atoms with Crippen molar-refractivity contribution in [3.05, 3.63) is 0 Å². The predicted molar refractivity (Wildman–Crippen MR) is 44.2 cm³/mol. The van der Waals surface area contributed by atoms with Crippen molar-refractivity contribution >= 4 is 11.9 Å². The molecule has 1 aliphatic rings. The normalized spacial score (nSPS) is 18.2. The van der Waals surface area contributed by atoms with Crippen LogP contribution in [0, 0.1) is 5.92 Å². The van der Waals surface area contributed by atoms with Gasteiger partial charge in [0.05, 0.1) is 0 Å². The number of aliphatic carboxylic acids is 1. The van der Waals surface area contributed by atoms with Gasteiger partial charge in [0.15, 0.2) is 0 Å². The number of carboxylic acids is 1. The van der Waals surface area contributed by atoms with Crippen LogP contribution in [-0.4, -0.2) is 36.7 Å². The highest BCUT2D eigenvalue weighted by atomic mass is 16.5. The number of rotatable bonds is 3. The van der Waals surface area contributed by atoms with Gasteiger partial charge >= 0.3 is 5.97 Å². The predicted octanol–water partition coefficient (Wildman–Crippen LogP) is -0.386. The maximum Gasteiger partial charge on any atom is 0.322 e. The third kappa shape index (κ3) is 3.42. The van der Waals surface area contributed by atoms with E-state index >= 15 is 0 Å². The number of hydrogen-bond donors (Lipinski definition) is 2. The van der Waals surface area contributed by atoms with Crippen molar-refractivity contribution in [2.24, 2.45) is 5.92 Å². The lowest BCUT2D eigenvalue weighted by Gasteiger charge is -2.20. The molecule has 5 nitrogen and oxygen atoms in total. The average Bonchev–Trinajstić information content (AvgIpc) is 2.15. The van der Waals surface area contributed by atoms with Gasteiger partial charge in [-0.3, -0.25) is 9.59 Å². The van der Waals surface area contributed by atoms with Crippen molar-refractivity contribution in [1.82, 2.24) is 5.32 Å². The minimum absolute atomic E-state index is 0.0758. The summed E-state index contributed by atoms with van der Waals surface area (Å²) in [7, 11) is 0. The van der Waals surface area contributed by atoms with Gasteiger partial charge in [-0.2, -0.15) is 0 Å². The molecule has 0 aromatic carbocycles. The quantitative estimate of drug-likeness (QED) is 0.631. The van der Waals surface area contributed by atoms with Gasteiger partial charge in [0.2, 0.25) is 5.91 Å². The van der Waals surface area contributed by atoms with Crippen molar-refractivity contribution in [3.8, 4) is 0 Å². The first-order chi connectivity index (χ1) is 6.20. The van der Waals surface area contributed by atoms with E-state index in [-0.39, 0.29) is 18.4 Å². The van der Waals surface area contributed by atoms with Gasteiger partial charge in [0.25, 0.3) is 0 Å². The second-order valence-electron chi connectivity index (χ2n) is 3.00. The smallest absolute Gasteiger partial charge is 0.322 e. The number of ether oxygens (including phenoxy) is 1. The van der Waals surface area contributed by atoms with Crippen molar-refractivity contribution < 1.29 is 19.4 Å². The molecule has 0 aliphatic carbocycles. The van der Waals surface area contributed by atoms with Gasteiger partial charge in [-0.1, -0.05) is 0 Å². The number of nitrogens with one attached hydrogen (secondary N) is 1. The Morgan fingerprint density at radius 3 is 2.54 bits per heavy atom. The van der Waals surface area contributed by atoms with Gasteiger partial charge < -0.3 is 15.2 Å². The topological polar surface area (TPSA) is 75.6 Å². The Bertz CT molecular complexity index is 198. The molecule has 0 unspecified atom stereocenters. The summed E-state index contributed by atoms with van der Waals surface area (Å²) in [5.74, 6) is -1.26. The summed E-state index contributed by atoms with van der Waals surface area (Å²) in [4.78, 5) is 21.4. The van der Waals surface area contributed by atoms with E-state index in [1.165, 1.54) is 0 Å². The van der Waals surface area contributed by atoms with Crippen LogP contribution in [0.1, 0.15) is 12.8 Å². The van der Waals surface area contributed by atoms with E-state index in [2.05, 4.69) is 5.32 Å². The molecule has 1 fully saturated rings. The van der Waals surface area contributed by atoms with Gasteiger partial charge in [-0.25, -0.2) is 0 Å². The molecule has 74 valence electrons. The number of carbonyl (C=O) groups is 2. The molecule has 5 heteroatoms. The summed E-state index contributed by atoms with van der Waals surface area (Å²) in [5.41, 5.74) is 0. The van der Waals surface area contributed by atoms with Gasteiger partial charge in [0.1, 0.15) is 6.54 Å². The first-order valence-corrected chi connectivity index (χ1v) is 4.27. The molecule has 13 heavy (non-hydrogen) atoms. The Balaban J connectivity index is 2.25. The minimum atomic E-state index is -1.01. The number of carbonyl (C=O) groups excluding carboxylic acids is 1. The fourth-order valence-corrected chi connectivity index (χ4v) is 1.27. The third-order valence-corrected chi connectivity index (χ3v) is 2.01. The molecule has 1 aliphatic heterocycles. The fourth-order valence-electron chi connectivity index (χ4n) is 1.27. The Kier molecular flexibility index (Phi) is 3.70. The second-order valence-corrected chi connectivity index (χ2v) is 3.00. The summed E-state index contributed by atoms with van der Waals surface area (Å²) in [6.45, 7) is 0.881. The zero-order valence-corrected chi connectivity index (χ0v) is 7.28. The monoisotopic (exact) mass is 187 g/mol. The highest BCUT2D eigenvalue weighted by molar-refractivity contribution is 5.82. The van der Waals surface area contributed by atoms with Crippen LogP contribution in [0.25, 0.3) is 0 Å². The minimum Gasteiger partial charge on any atom is -0.480 e.